The molecule has 5 heteroatoms. The lowest BCUT2D eigenvalue weighted by atomic mass is 10.1. The lowest BCUT2D eigenvalue weighted by molar-refractivity contribution is 0.566. The Morgan fingerprint density at radius 2 is 2.33 bits per heavy atom. The zero-order valence-corrected chi connectivity index (χ0v) is 7.77. The third-order valence-corrected chi connectivity index (χ3v) is 2.74. The van der Waals surface area contributed by atoms with E-state index in [2.05, 4.69) is 4.98 Å². The van der Waals surface area contributed by atoms with E-state index in [0.717, 1.165) is 6.20 Å². The molecule has 2 N–H and O–H groups in total. The van der Waals surface area contributed by atoms with Crippen LogP contribution in [0.2, 0.25) is 0 Å². The SMILES string of the molecule is NC1Cn2c(=O)ccc3ncc(F)c1c32. The molecule has 0 saturated carbocycles. The highest BCUT2D eigenvalue weighted by Crippen LogP contribution is 2.29. The fraction of sp³-hybridized carbons (Fsp3) is 0.200. The summed E-state index contributed by atoms with van der Waals surface area (Å²) in [5, 5.41) is 0. The molecule has 0 bridgehead atoms. The number of halogens is 1. The molecule has 15 heavy (non-hydrogen) atoms. The third kappa shape index (κ3) is 0.979. The zero-order chi connectivity index (χ0) is 10.6. The predicted molar refractivity (Wildman–Crippen MR) is 52.9 cm³/mol. The first-order valence-electron chi connectivity index (χ1n) is 4.62. The third-order valence-electron chi connectivity index (χ3n) is 2.74. The quantitative estimate of drug-likeness (QED) is 0.683. The summed E-state index contributed by atoms with van der Waals surface area (Å²) in [6, 6.07) is 2.56. The van der Waals surface area contributed by atoms with Crippen molar-refractivity contribution in [1.29, 1.82) is 0 Å². The van der Waals surface area contributed by atoms with Crippen molar-refractivity contribution < 1.29 is 4.39 Å². The van der Waals surface area contributed by atoms with Gasteiger partial charge < -0.3 is 10.3 Å². The number of hydrogen-bond acceptors (Lipinski definition) is 3. The van der Waals surface area contributed by atoms with Gasteiger partial charge in [-0.3, -0.25) is 9.78 Å². The van der Waals surface area contributed by atoms with Crippen molar-refractivity contribution in [3.8, 4) is 0 Å². The van der Waals surface area contributed by atoms with Crippen molar-refractivity contribution in [3.63, 3.8) is 0 Å². The Hall–Kier alpha value is -1.75. The molecule has 0 radical (unpaired) electrons. The van der Waals surface area contributed by atoms with Gasteiger partial charge in [-0.25, -0.2) is 4.39 Å². The normalized spacial score (nSPS) is 18.7. The van der Waals surface area contributed by atoms with Crippen LogP contribution in [0.3, 0.4) is 0 Å². The Bertz CT molecular complexity index is 620. The highest BCUT2D eigenvalue weighted by molar-refractivity contribution is 5.80. The number of nitrogens with two attached hydrogens (primary N) is 1. The Labute approximate surface area is 84.2 Å². The van der Waals surface area contributed by atoms with Gasteiger partial charge in [0.05, 0.1) is 23.3 Å². The summed E-state index contributed by atoms with van der Waals surface area (Å²) < 4.78 is 15.0. The van der Waals surface area contributed by atoms with E-state index in [1.807, 2.05) is 0 Å². The van der Waals surface area contributed by atoms with Gasteiger partial charge in [0.15, 0.2) is 0 Å². The average Bonchev–Trinajstić information content (AvgIpc) is 2.56. The van der Waals surface area contributed by atoms with Crippen LogP contribution in [0.4, 0.5) is 4.39 Å². The first kappa shape index (κ1) is 8.55. The molecule has 0 aliphatic carbocycles. The van der Waals surface area contributed by atoms with Crippen LogP contribution < -0.4 is 11.3 Å². The highest BCUT2D eigenvalue weighted by atomic mass is 19.1. The van der Waals surface area contributed by atoms with Gasteiger partial charge in [-0.05, 0) is 6.07 Å². The van der Waals surface area contributed by atoms with Gasteiger partial charge in [-0.15, -0.1) is 0 Å². The van der Waals surface area contributed by atoms with Gasteiger partial charge in [-0.1, -0.05) is 0 Å². The molecule has 0 aromatic carbocycles. The van der Waals surface area contributed by atoms with E-state index in [4.69, 9.17) is 5.73 Å². The van der Waals surface area contributed by atoms with Gasteiger partial charge in [-0.2, -0.15) is 0 Å². The Morgan fingerprint density at radius 3 is 3.13 bits per heavy atom. The highest BCUT2D eigenvalue weighted by Gasteiger charge is 2.26. The molecule has 1 atom stereocenters. The second-order valence-corrected chi connectivity index (χ2v) is 3.64. The largest absolute Gasteiger partial charge is 0.322 e. The molecule has 3 rings (SSSR count). The van der Waals surface area contributed by atoms with Crippen LogP contribution in [0.25, 0.3) is 11.0 Å². The number of nitrogens with zero attached hydrogens (tertiary/aromatic N) is 2. The van der Waals surface area contributed by atoms with E-state index < -0.39 is 11.9 Å². The molecule has 1 aliphatic heterocycles. The van der Waals surface area contributed by atoms with Crippen LogP contribution in [0.5, 0.6) is 0 Å². The maximum atomic E-state index is 13.5. The van der Waals surface area contributed by atoms with Crippen LogP contribution in [-0.2, 0) is 6.54 Å². The van der Waals surface area contributed by atoms with E-state index in [-0.39, 0.29) is 5.56 Å². The molecule has 0 amide bonds. The minimum absolute atomic E-state index is 0.163. The van der Waals surface area contributed by atoms with Gasteiger partial charge >= 0.3 is 0 Å². The summed E-state index contributed by atoms with van der Waals surface area (Å²) in [5.74, 6) is -0.438. The van der Waals surface area contributed by atoms with Crippen LogP contribution >= 0.6 is 0 Å². The van der Waals surface area contributed by atoms with Crippen molar-refractivity contribution >= 4 is 11.0 Å². The summed E-state index contributed by atoms with van der Waals surface area (Å²) in [6.07, 6.45) is 1.15. The van der Waals surface area contributed by atoms with E-state index in [1.165, 1.54) is 10.6 Å². The minimum atomic E-state index is -0.453. The minimum Gasteiger partial charge on any atom is -0.322 e. The topological polar surface area (TPSA) is 60.9 Å². The second kappa shape index (κ2) is 2.64. The number of hydrogen-bond donors (Lipinski definition) is 1. The molecule has 0 saturated heterocycles. The summed E-state index contributed by atoms with van der Waals surface area (Å²) in [5.41, 5.74) is 7.17. The molecule has 0 fully saturated rings. The van der Waals surface area contributed by atoms with Crippen molar-refractivity contribution in [1.82, 2.24) is 9.55 Å². The molecule has 0 spiro atoms. The standard InChI is InChI=1S/C10H8FN3O/c11-5-3-13-7-1-2-8(15)14-4-6(12)9(5)10(7)14/h1-3,6H,4,12H2. The summed E-state index contributed by atoms with van der Waals surface area (Å²) in [7, 11) is 0. The zero-order valence-electron chi connectivity index (χ0n) is 7.77. The van der Waals surface area contributed by atoms with Gasteiger partial charge in [0.1, 0.15) is 5.82 Å². The van der Waals surface area contributed by atoms with E-state index >= 15 is 0 Å². The number of aromatic nitrogens is 2. The lowest BCUT2D eigenvalue weighted by Crippen LogP contribution is -2.19. The predicted octanol–water partition coefficient (Wildman–Crippen LogP) is 0.549. The van der Waals surface area contributed by atoms with Crippen molar-refractivity contribution in [2.45, 2.75) is 12.6 Å². The first-order valence-corrected chi connectivity index (χ1v) is 4.62. The van der Waals surface area contributed by atoms with Crippen molar-refractivity contribution in [3.05, 3.63) is 40.1 Å². The number of rotatable bonds is 0. The van der Waals surface area contributed by atoms with E-state index in [9.17, 15) is 9.18 Å². The smallest absolute Gasteiger partial charge is 0.251 e. The molecular weight excluding hydrogens is 197 g/mol. The Kier molecular flexibility index (Phi) is 1.50. The fourth-order valence-corrected chi connectivity index (χ4v) is 2.09. The number of pyridine rings is 2. The summed E-state index contributed by atoms with van der Waals surface area (Å²) in [6.45, 7) is 0.327. The summed E-state index contributed by atoms with van der Waals surface area (Å²) >= 11 is 0. The second-order valence-electron chi connectivity index (χ2n) is 3.64. The van der Waals surface area contributed by atoms with Gasteiger partial charge in [0.2, 0.25) is 0 Å². The maximum absolute atomic E-state index is 13.5. The Morgan fingerprint density at radius 1 is 1.53 bits per heavy atom. The molecular formula is C10H8FN3O. The van der Waals surface area contributed by atoms with Crippen LogP contribution in [-0.4, -0.2) is 9.55 Å². The van der Waals surface area contributed by atoms with E-state index in [1.54, 1.807) is 6.07 Å². The Balaban J connectivity index is 2.59. The fourth-order valence-electron chi connectivity index (χ4n) is 2.09. The van der Waals surface area contributed by atoms with E-state index in [0.29, 0.717) is 23.1 Å². The summed E-state index contributed by atoms with van der Waals surface area (Å²) in [4.78, 5) is 15.4. The molecule has 3 heterocycles. The van der Waals surface area contributed by atoms with Gasteiger partial charge in [0, 0.05) is 18.2 Å². The van der Waals surface area contributed by atoms with Crippen molar-refractivity contribution in [2.75, 3.05) is 0 Å². The monoisotopic (exact) mass is 205 g/mol. The van der Waals surface area contributed by atoms with Crippen molar-refractivity contribution in [2.24, 2.45) is 5.73 Å². The van der Waals surface area contributed by atoms with Crippen LogP contribution in [0.1, 0.15) is 11.6 Å². The maximum Gasteiger partial charge on any atom is 0.251 e. The molecule has 2 aromatic rings. The first-order chi connectivity index (χ1) is 7.18. The van der Waals surface area contributed by atoms with Crippen LogP contribution in [0, 0.1) is 5.82 Å². The molecule has 4 nitrogen and oxygen atoms in total. The van der Waals surface area contributed by atoms with Crippen LogP contribution in [0.15, 0.2) is 23.1 Å². The van der Waals surface area contributed by atoms with Gasteiger partial charge in [0.25, 0.3) is 5.56 Å². The molecule has 76 valence electrons. The molecule has 2 aromatic heterocycles. The average molecular weight is 205 g/mol. The molecule has 1 aliphatic rings. The lowest BCUT2D eigenvalue weighted by Gasteiger charge is -2.03. The molecule has 1 unspecified atom stereocenters.